The van der Waals surface area contributed by atoms with Crippen LogP contribution in [0.4, 0.5) is 9.59 Å². The van der Waals surface area contributed by atoms with Crippen molar-refractivity contribution in [3.63, 3.8) is 0 Å². The molecule has 1 aromatic carbocycles. The third kappa shape index (κ3) is 7.33. The van der Waals surface area contributed by atoms with Gasteiger partial charge in [0, 0.05) is 19.1 Å². The minimum Gasteiger partial charge on any atom is -0.444 e. The zero-order valence-electron chi connectivity index (χ0n) is 13.7. The minimum absolute atomic E-state index is 0.103. The molecule has 0 aliphatic carbocycles. The van der Waals surface area contributed by atoms with E-state index < -0.39 is 12.2 Å². The molecule has 1 aromatic rings. The molecule has 0 aliphatic rings. The summed E-state index contributed by atoms with van der Waals surface area (Å²) in [5, 5.41) is 4.85. The molecule has 0 spiro atoms. The molecule has 0 saturated heterocycles. The van der Waals surface area contributed by atoms with Crippen LogP contribution in [0.3, 0.4) is 0 Å². The predicted molar refractivity (Wildman–Crippen MR) is 97.9 cm³/mol. The van der Waals surface area contributed by atoms with Crippen molar-refractivity contribution in [3.8, 4) is 0 Å². The van der Waals surface area contributed by atoms with E-state index in [0.717, 1.165) is 22.0 Å². The van der Waals surface area contributed by atoms with E-state index in [0.29, 0.717) is 10.1 Å². The van der Waals surface area contributed by atoms with Crippen LogP contribution in [0, 0.1) is 0 Å². The highest BCUT2D eigenvalue weighted by molar-refractivity contribution is 8.13. The minimum atomic E-state index is -0.703. The van der Waals surface area contributed by atoms with Crippen molar-refractivity contribution in [1.82, 2.24) is 8.61 Å². The molecule has 0 heterocycles. The lowest BCUT2D eigenvalue weighted by Crippen LogP contribution is -2.29. The fourth-order valence-corrected chi connectivity index (χ4v) is 2.09. The van der Waals surface area contributed by atoms with Gasteiger partial charge in [-0.15, -0.1) is 11.8 Å². The Morgan fingerprint density at radius 1 is 1.17 bits per heavy atom. The number of hydrogen-bond acceptors (Lipinski definition) is 7. The highest BCUT2D eigenvalue weighted by Gasteiger charge is 2.19. The van der Waals surface area contributed by atoms with Crippen molar-refractivity contribution < 1.29 is 19.2 Å². The van der Waals surface area contributed by atoms with E-state index in [4.69, 9.17) is 21.2 Å². The van der Waals surface area contributed by atoms with Crippen LogP contribution >= 0.6 is 35.5 Å². The Morgan fingerprint density at radius 2 is 1.75 bits per heavy atom. The Balaban J connectivity index is 2.42. The summed E-state index contributed by atoms with van der Waals surface area (Å²) in [4.78, 5) is 28.3. The van der Waals surface area contributed by atoms with E-state index in [9.17, 15) is 9.59 Å². The SMILES string of the molecule is CSC(C)=NOC(=O)N(C)SN(C)C(=O)OCc1ccc(Cl)cc1. The fraction of sp³-hybridized carbons (Fsp3) is 0.357. The van der Waals surface area contributed by atoms with Crippen LogP contribution in [0.25, 0.3) is 0 Å². The van der Waals surface area contributed by atoms with Crippen molar-refractivity contribution in [2.75, 3.05) is 20.4 Å². The van der Waals surface area contributed by atoms with E-state index in [-0.39, 0.29) is 6.61 Å². The molecule has 0 aromatic heterocycles. The van der Waals surface area contributed by atoms with Crippen LogP contribution in [0.5, 0.6) is 0 Å². The summed E-state index contributed by atoms with van der Waals surface area (Å²) in [6.07, 6.45) is 0.513. The van der Waals surface area contributed by atoms with Crippen molar-refractivity contribution in [2.45, 2.75) is 13.5 Å². The molecule has 0 unspecified atom stereocenters. The lowest BCUT2D eigenvalue weighted by molar-refractivity contribution is 0.123. The predicted octanol–water partition coefficient (Wildman–Crippen LogP) is 4.24. The molecular weight excluding hydrogens is 374 g/mol. The van der Waals surface area contributed by atoms with E-state index >= 15 is 0 Å². The molecule has 0 radical (unpaired) electrons. The summed E-state index contributed by atoms with van der Waals surface area (Å²) >= 11 is 7.98. The van der Waals surface area contributed by atoms with E-state index in [1.165, 1.54) is 30.2 Å². The Labute approximate surface area is 154 Å². The molecule has 0 saturated carbocycles. The second-order valence-corrected chi connectivity index (χ2v) is 7.12. The van der Waals surface area contributed by atoms with Crippen LogP contribution in [0.15, 0.2) is 29.4 Å². The maximum atomic E-state index is 11.9. The molecule has 24 heavy (non-hydrogen) atoms. The van der Waals surface area contributed by atoms with Gasteiger partial charge >= 0.3 is 12.2 Å². The second kappa shape index (κ2) is 10.3. The van der Waals surface area contributed by atoms with Crippen LogP contribution < -0.4 is 0 Å². The number of benzene rings is 1. The average Bonchev–Trinajstić information content (AvgIpc) is 2.58. The number of thioether (sulfide) groups is 1. The van der Waals surface area contributed by atoms with Crippen molar-refractivity contribution in [2.24, 2.45) is 5.16 Å². The van der Waals surface area contributed by atoms with Gasteiger partial charge in [-0.25, -0.2) is 18.2 Å². The third-order valence-electron chi connectivity index (χ3n) is 2.58. The van der Waals surface area contributed by atoms with E-state index in [1.54, 1.807) is 31.2 Å². The number of carbonyl (C=O) groups is 2. The first-order valence-corrected chi connectivity index (χ1v) is 9.03. The number of hydrogen-bond donors (Lipinski definition) is 0. The third-order valence-corrected chi connectivity index (χ3v) is 4.29. The lowest BCUT2D eigenvalue weighted by Gasteiger charge is -2.20. The summed E-state index contributed by atoms with van der Waals surface area (Å²) in [5.74, 6) is 0. The molecule has 0 bridgehead atoms. The number of rotatable bonds is 5. The Hall–Kier alpha value is -1.58. The topological polar surface area (TPSA) is 71.4 Å². The second-order valence-electron chi connectivity index (χ2n) is 4.43. The normalized spacial score (nSPS) is 11.0. The van der Waals surface area contributed by atoms with Gasteiger partial charge < -0.3 is 4.74 Å². The first-order chi connectivity index (χ1) is 11.3. The quantitative estimate of drug-likeness (QED) is 0.246. The average molecular weight is 392 g/mol. The standard InChI is InChI=1S/C14H18ClN3O4S2/c1-10(23-4)16-22-14(20)18(3)24-17(2)13(19)21-9-11-5-7-12(15)8-6-11/h5-8H,9H2,1-4H3. The molecular formula is C14H18ClN3O4S2. The molecule has 0 atom stereocenters. The Kier molecular flexibility index (Phi) is 8.80. The zero-order chi connectivity index (χ0) is 18.1. The van der Waals surface area contributed by atoms with Crippen LogP contribution in [-0.4, -0.2) is 46.2 Å². The summed E-state index contributed by atoms with van der Waals surface area (Å²) in [6, 6.07) is 6.95. The van der Waals surface area contributed by atoms with Gasteiger partial charge in [-0.2, -0.15) is 0 Å². The van der Waals surface area contributed by atoms with E-state index in [1.807, 2.05) is 6.26 Å². The number of nitrogens with zero attached hydrogens (tertiary/aromatic N) is 3. The molecule has 0 N–H and O–H groups in total. The zero-order valence-corrected chi connectivity index (χ0v) is 16.1. The molecule has 0 aliphatic heterocycles. The number of carbonyl (C=O) groups excluding carboxylic acids is 2. The Bertz CT molecular complexity index is 598. The maximum absolute atomic E-state index is 11.9. The van der Waals surface area contributed by atoms with Crippen molar-refractivity contribution in [1.29, 1.82) is 0 Å². The van der Waals surface area contributed by atoms with Crippen LogP contribution in [0.1, 0.15) is 12.5 Å². The van der Waals surface area contributed by atoms with Crippen LogP contribution in [0.2, 0.25) is 5.02 Å². The number of ether oxygens (including phenoxy) is 1. The van der Waals surface area contributed by atoms with E-state index in [2.05, 4.69) is 5.16 Å². The summed E-state index contributed by atoms with van der Waals surface area (Å²) in [6.45, 7) is 1.82. The molecule has 7 nitrogen and oxygen atoms in total. The molecule has 0 fully saturated rings. The molecule has 10 heteroatoms. The first-order valence-electron chi connectivity index (χ1n) is 6.69. The van der Waals surface area contributed by atoms with Crippen LogP contribution in [-0.2, 0) is 16.2 Å². The summed E-state index contributed by atoms with van der Waals surface area (Å²) in [5.41, 5.74) is 0.806. The largest absolute Gasteiger partial charge is 0.447 e. The number of amides is 2. The van der Waals surface area contributed by atoms with Gasteiger partial charge in [-0.3, -0.25) is 4.84 Å². The number of halogens is 1. The highest BCUT2D eigenvalue weighted by atomic mass is 35.5. The first kappa shape index (κ1) is 20.5. The molecule has 132 valence electrons. The number of oxime groups is 1. The van der Waals surface area contributed by atoms with Gasteiger partial charge in [0.25, 0.3) is 0 Å². The monoisotopic (exact) mass is 391 g/mol. The highest BCUT2D eigenvalue weighted by Crippen LogP contribution is 2.16. The molecule has 2 amide bonds. The Morgan fingerprint density at radius 3 is 2.33 bits per heavy atom. The van der Waals surface area contributed by atoms with Gasteiger partial charge in [-0.05, 0) is 30.9 Å². The lowest BCUT2D eigenvalue weighted by atomic mass is 10.2. The van der Waals surface area contributed by atoms with Gasteiger partial charge in [-0.1, -0.05) is 28.9 Å². The maximum Gasteiger partial charge on any atom is 0.447 e. The van der Waals surface area contributed by atoms with Gasteiger partial charge in [0.1, 0.15) is 11.7 Å². The van der Waals surface area contributed by atoms with Crippen molar-refractivity contribution in [3.05, 3.63) is 34.9 Å². The van der Waals surface area contributed by atoms with Gasteiger partial charge in [0.05, 0.1) is 12.1 Å². The smallest absolute Gasteiger partial charge is 0.444 e. The van der Waals surface area contributed by atoms with Gasteiger partial charge in [0.15, 0.2) is 0 Å². The van der Waals surface area contributed by atoms with Crippen molar-refractivity contribution >= 4 is 52.7 Å². The summed E-state index contributed by atoms with van der Waals surface area (Å²) in [7, 11) is 2.94. The summed E-state index contributed by atoms with van der Waals surface area (Å²) < 4.78 is 7.43. The fourth-order valence-electron chi connectivity index (χ4n) is 1.27. The van der Waals surface area contributed by atoms with Gasteiger partial charge in [0.2, 0.25) is 0 Å². The molecule has 1 rings (SSSR count).